The average Bonchev–Trinajstić information content (AvgIpc) is 2.38. The molecule has 0 saturated heterocycles. The maximum atomic E-state index is 11.7. The number of halogens is 1. The largest absolute Gasteiger partial charge is 0.352 e. The second kappa shape index (κ2) is 7.86. The SMILES string of the molecule is N#Cc1cccc(C(=O)NCCCCCBr)c1. The predicted molar refractivity (Wildman–Crippen MR) is 71.1 cm³/mol. The maximum Gasteiger partial charge on any atom is 0.251 e. The van der Waals surface area contributed by atoms with Crippen LogP contribution in [0, 0.1) is 11.3 Å². The predicted octanol–water partition coefficient (Wildman–Crippen LogP) is 2.85. The van der Waals surface area contributed by atoms with E-state index in [-0.39, 0.29) is 5.91 Å². The number of alkyl halides is 1. The molecule has 0 unspecified atom stereocenters. The van der Waals surface area contributed by atoms with Gasteiger partial charge in [-0.05, 0) is 31.0 Å². The Morgan fingerprint density at radius 2 is 2.18 bits per heavy atom. The molecule has 1 aromatic carbocycles. The Morgan fingerprint density at radius 1 is 1.35 bits per heavy atom. The fraction of sp³-hybridized carbons (Fsp3) is 0.385. The Balaban J connectivity index is 2.39. The minimum atomic E-state index is -0.110. The molecular formula is C13H15BrN2O. The fourth-order valence-electron chi connectivity index (χ4n) is 1.43. The number of benzene rings is 1. The van der Waals surface area contributed by atoms with Crippen LogP contribution in [-0.2, 0) is 0 Å². The van der Waals surface area contributed by atoms with Gasteiger partial charge in [0.05, 0.1) is 11.6 Å². The molecule has 0 aliphatic heterocycles. The zero-order valence-electron chi connectivity index (χ0n) is 9.58. The summed E-state index contributed by atoms with van der Waals surface area (Å²) in [5.74, 6) is -0.110. The summed E-state index contributed by atoms with van der Waals surface area (Å²) in [6.45, 7) is 0.683. The van der Waals surface area contributed by atoms with E-state index >= 15 is 0 Å². The molecular weight excluding hydrogens is 280 g/mol. The van der Waals surface area contributed by atoms with Crippen LogP contribution in [0.3, 0.4) is 0 Å². The zero-order chi connectivity index (χ0) is 12.5. The molecule has 0 fully saturated rings. The third-order valence-corrected chi connectivity index (χ3v) is 2.91. The second-order valence-electron chi connectivity index (χ2n) is 3.70. The van der Waals surface area contributed by atoms with Gasteiger partial charge < -0.3 is 5.32 Å². The molecule has 3 nitrogen and oxygen atoms in total. The third kappa shape index (κ3) is 5.01. The number of carbonyl (C=O) groups excluding carboxylic acids is 1. The molecule has 0 radical (unpaired) electrons. The fourth-order valence-corrected chi connectivity index (χ4v) is 1.83. The number of amides is 1. The first-order valence-corrected chi connectivity index (χ1v) is 6.74. The summed E-state index contributed by atoms with van der Waals surface area (Å²) in [7, 11) is 0. The van der Waals surface area contributed by atoms with E-state index in [0.717, 1.165) is 24.6 Å². The number of hydrogen-bond donors (Lipinski definition) is 1. The second-order valence-corrected chi connectivity index (χ2v) is 4.49. The van der Waals surface area contributed by atoms with E-state index in [4.69, 9.17) is 5.26 Å². The van der Waals surface area contributed by atoms with Crippen molar-refractivity contribution in [1.82, 2.24) is 5.32 Å². The molecule has 0 aliphatic rings. The van der Waals surface area contributed by atoms with E-state index in [1.807, 2.05) is 6.07 Å². The van der Waals surface area contributed by atoms with E-state index in [9.17, 15) is 4.79 Å². The summed E-state index contributed by atoms with van der Waals surface area (Å²) in [6, 6.07) is 8.75. The Morgan fingerprint density at radius 3 is 2.88 bits per heavy atom. The van der Waals surface area contributed by atoms with Gasteiger partial charge in [-0.15, -0.1) is 0 Å². The minimum absolute atomic E-state index is 0.110. The number of carbonyl (C=O) groups is 1. The van der Waals surface area contributed by atoms with Crippen LogP contribution < -0.4 is 5.32 Å². The Labute approximate surface area is 110 Å². The highest BCUT2D eigenvalue weighted by atomic mass is 79.9. The lowest BCUT2D eigenvalue weighted by Gasteiger charge is -2.04. The first-order chi connectivity index (χ1) is 8.27. The molecule has 0 saturated carbocycles. The monoisotopic (exact) mass is 294 g/mol. The van der Waals surface area contributed by atoms with E-state index in [2.05, 4.69) is 21.2 Å². The summed E-state index contributed by atoms with van der Waals surface area (Å²) in [4.78, 5) is 11.7. The molecule has 17 heavy (non-hydrogen) atoms. The lowest BCUT2D eigenvalue weighted by molar-refractivity contribution is 0.0953. The van der Waals surface area contributed by atoms with Gasteiger partial charge in [0, 0.05) is 17.4 Å². The van der Waals surface area contributed by atoms with Crippen LogP contribution >= 0.6 is 15.9 Å². The summed E-state index contributed by atoms with van der Waals surface area (Å²) in [5.41, 5.74) is 1.06. The molecule has 0 aliphatic carbocycles. The Hall–Kier alpha value is -1.34. The molecule has 1 rings (SSSR count). The maximum absolute atomic E-state index is 11.7. The summed E-state index contributed by atoms with van der Waals surface area (Å²) in [5, 5.41) is 12.6. The van der Waals surface area contributed by atoms with Crippen molar-refractivity contribution in [3.63, 3.8) is 0 Å². The normalized spacial score (nSPS) is 9.65. The quantitative estimate of drug-likeness (QED) is 0.648. The van der Waals surface area contributed by atoms with E-state index in [0.29, 0.717) is 17.7 Å². The van der Waals surface area contributed by atoms with Crippen molar-refractivity contribution >= 4 is 21.8 Å². The van der Waals surface area contributed by atoms with E-state index in [1.165, 1.54) is 0 Å². The van der Waals surface area contributed by atoms with Crippen molar-refractivity contribution in [3.8, 4) is 6.07 Å². The molecule has 0 bridgehead atoms. The smallest absolute Gasteiger partial charge is 0.251 e. The zero-order valence-corrected chi connectivity index (χ0v) is 11.2. The van der Waals surface area contributed by atoms with Crippen LogP contribution in [0.1, 0.15) is 35.2 Å². The Bertz CT molecular complexity index is 412. The lowest BCUT2D eigenvalue weighted by atomic mass is 10.1. The van der Waals surface area contributed by atoms with Gasteiger partial charge >= 0.3 is 0 Å². The van der Waals surface area contributed by atoms with Gasteiger partial charge in [-0.2, -0.15) is 5.26 Å². The molecule has 1 amide bonds. The number of nitrogens with one attached hydrogen (secondary N) is 1. The highest BCUT2D eigenvalue weighted by molar-refractivity contribution is 9.09. The van der Waals surface area contributed by atoms with Crippen molar-refractivity contribution in [2.24, 2.45) is 0 Å². The van der Waals surface area contributed by atoms with Gasteiger partial charge in [0.2, 0.25) is 0 Å². The standard InChI is InChI=1S/C13H15BrN2O/c14-7-2-1-3-8-16-13(17)12-6-4-5-11(9-12)10-15/h4-6,9H,1-3,7-8H2,(H,16,17). The van der Waals surface area contributed by atoms with Gasteiger partial charge in [0.15, 0.2) is 0 Å². The number of nitriles is 1. The number of rotatable bonds is 6. The van der Waals surface area contributed by atoms with Crippen molar-refractivity contribution in [2.45, 2.75) is 19.3 Å². The number of unbranched alkanes of at least 4 members (excludes halogenated alkanes) is 2. The minimum Gasteiger partial charge on any atom is -0.352 e. The van der Waals surface area contributed by atoms with Gasteiger partial charge in [-0.1, -0.05) is 28.4 Å². The van der Waals surface area contributed by atoms with Gasteiger partial charge in [0.1, 0.15) is 0 Å². The van der Waals surface area contributed by atoms with Crippen LogP contribution in [0.25, 0.3) is 0 Å². The van der Waals surface area contributed by atoms with Gasteiger partial charge in [-0.3, -0.25) is 4.79 Å². The number of hydrogen-bond acceptors (Lipinski definition) is 2. The van der Waals surface area contributed by atoms with E-state index < -0.39 is 0 Å². The molecule has 1 aromatic rings. The van der Waals surface area contributed by atoms with Crippen LogP contribution in [0.15, 0.2) is 24.3 Å². The molecule has 0 heterocycles. The summed E-state index contributed by atoms with van der Waals surface area (Å²) >= 11 is 3.37. The van der Waals surface area contributed by atoms with Gasteiger partial charge in [-0.25, -0.2) is 0 Å². The Kier molecular flexibility index (Phi) is 6.34. The molecule has 0 atom stereocenters. The van der Waals surface area contributed by atoms with E-state index in [1.54, 1.807) is 24.3 Å². The molecule has 4 heteroatoms. The summed E-state index contributed by atoms with van der Waals surface area (Å²) in [6.07, 6.45) is 3.21. The topological polar surface area (TPSA) is 52.9 Å². The third-order valence-electron chi connectivity index (χ3n) is 2.35. The van der Waals surface area contributed by atoms with Crippen LogP contribution in [0.5, 0.6) is 0 Å². The molecule has 1 N–H and O–H groups in total. The van der Waals surface area contributed by atoms with Crippen molar-refractivity contribution < 1.29 is 4.79 Å². The molecule has 90 valence electrons. The van der Waals surface area contributed by atoms with Crippen LogP contribution in [0.2, 0.25) is 0 Å². The first-order valence-electron chi connectivity index (χ1n) is 5.62. The van der Waals surface area contributed by atoms with Crippen molar-refractivity contribution in [3.05, 3.63) is 35.4 Å². The number of nitrogens with zero attached hydrogens (tertiary/aromatic N) is 1. The first kappa shape index (κ1) is 13.7. The molecule has 0 aromatic heterocycles. The highest BCUT2D eigenvalue weighted by Crippen LogP contribution is 2.04. The average molecular weight is 295 g/mol. The van der Waals surface area contributed by atoms with Gasteiger partial charge in [0.25, 0.3) is 5.91 Å². The highest BCUT2D eigenvalue weighted by Gasteiger charge is 2.04. The molecule has 0 spiro atoms. The lowest BCUT2D eigenvalue weighted by Crippen LogP contribution is -2.24. The van der Waals surface area contributed by atoms with Crippen LogP contribution in [-0.4, -0.2) is 17.8 Å². The van der Waals surface area contributed by atoms with Crippen LogP contribution in [0.4, 0.5) is 0 Å². The van der Waals surface area contributed by atoms with Crippen molar-refractivity contribution in [1.29, 1.82) is 5.26 Å². The summed E-state index contributed by atoms with van der Waals surface area (Å²) < 4.78 is 0. The van der Waals surface area contributed by atoms with Crippen molar-refractivity contribution in [2.75, 3.05) is 11.9 Å².